The molecule has 1 aliphatic heterocycles. The molecule has 1 fully saturated rings. The van der Waals surface area contributed by atoms with E-state index in [1.165, 1.54) is 12.1 Å². The van der Waals surface area contributed by atoms with Gasteiger partial charge in [0.1, 0.15) is 11.6 Å². The molecule has 0 aromatic heterocycles. The zero-order valence-electron chi connectivity index (χ0n) is 10.4. The summed E-state index contributed by atoms with van der Waals surface area (Å²) in [5.41, 5.74) is 0.142. The average molecular weight is 336 g/mol. The molecule has 100 valence electrons. The van der Waals surface area contributed by atoms with Gasteiger partial charge >= 0.3 is 0 Å². The van der Waals surface area contributed by atoms with Gasteiger partial charge in [-0.1, -0.05) is 0 Å². The number of hydrogen-bond donors (Lipinski definition) is 1. The van der Waals surface area contributed by atoms with E-state index < -0.39 is 11.6 Å². The number of nitrogens with one attached hydrogen (secondary N) is 1. The lowest BCUT2D eigenvalue weighted by atomic mass is 9.89. The van der Waals surface area contributed by atoms with Gasteiger partial charge in [-0.15, -0.1) is 0 Å². The van der Waals surface area contributed by atoms with E-state index in [2.05, 4.69) is 28.2 Å². The Labute approximate surface area is 119 Å². The third-order valence-corrected chi connectivity index (χ3v) is 5.72. The maximum atomic E-state index is 14.2. The van der Waals surface area contributed by atoms with Gasteiger partial charge in [-0.2, -0.15) is 11.8 Å². The summed E-state index contributed by atoms with van der Waals surface area (Å²) in [6.45, 7) is 2.08. The maximum Gasteiger partial charge on any atom is 0.145 e. The van der Waals surface area contributed by atoms with Crippen LogP contribution in [-0.2, 0) is 0 Å². The third kappa shape index (κ3) is 2.45. The van der Waals surface area contributed by atoms with Crippen LogP contribution in [-0.4, -0.2) is 17.5 Å². The van der Waals surface area contributed by atoms with E-state index in [9.17, 15) is 8.78 Å². The predicted octanol–water partition coefficient (Wildman–Crippen LogP) is 4.27. The third-order valence-electron chi connectivity index (χ3n) is 3.52. The van der Waals surface area contributed by atoms with Gasteiger partial charge in [0.05, 0.1) is 10.5 Å². The van der Waals surface area contributed by atoms with E-state index in [1.807, 2.05) is 0 Å². The molecule has 1 N–H and O–H groups in total. The van der Waals surface area contributed by atoms with Crippen LogP contribution in [0.15, 0.2) is 16.6 Å². The number of benzene rings is 1. The van der Waals surface area contributed by atoms with Crippen molar-refractivity contribution in [1.82, 2.24) is 5.32 Å². The fraction of sp³-hybridized carbons (Fsp3) is 0.538. The van der Waals surface area contributed by atoms with Gasteiger partial charge in [-0.3, -0.25) is 0 Å². The van der Waals surface area contributed by atoms with Gasteiger partial charge in [-0.25, -0.2) is 8.78 Å². The first-order chi connectivity index (χ1) is 8.49. The van der Waals surface area contributed by atoms with Crippen LogP contribution in [0, 0.1) is 11.6 Å². The van der Waals surface area contributed by atoms with Crippen LogP contribution >= 0.6 is 27.7 Å². The lowest BCUT2D eigenvalue weighted by molar-refractivity contribution is 0.404. The maximum absolute atomic E-state index is 14.2. The van der Waals surface area contributed by atoms with E-state index in [0.29, 0.717) is 4.47 Å². The molecule has 5 heteroatoms. The minimum absolute atomic E-state index is 0.142. The van der Waals surface area contributed by atoms with Crippen molar-refractivity contribution in [1.29, 1.82) is 0 Å². The number of hydrogen-bond acceptors (Lipinski definition) is 2. The van der Waals surface area contributed by atoms with Crippen molar-refractivity contribution in [2.75, 3.05) is 12.8 Å². The molecule has 2 rings (SSSR count). The molecule has 0 spiro atoms. The Hall–Kier alpha value is -0.130. The van der Waals surface area contributed by atoms with Crippen molar-refractivity contribution in [3.05, 3.63) is 33.8 Å². The van der Waals surface area contributed by atoms with Gasteiger partial charge < -0.3 is 5.32 Å². The highest BCUT2D eigenvalue weighted by Crippen LogP contribution is 2.47. The van der Waals surface area contributed by atoms with Crippen molar-refractivity contribution >= 4 is 27.7 Å². The first-order valence-electron chi connectivity index (χ1n) is 5.94. The summed E-state index contributed by atoms with van der Waals surface area (Å²) in [6.07, 6.45) is 2.06. The van der Waals surface area contributed by atoms with Crippen LogP contribution in [0.25, 0.3) is 0 Å². The minimum Gasteiger partial charge on any atom is -0.312 e. The molecule has 2 atom stereocenters. The lowest BCUT2D eigenvalue weighted by Gasteiger charge is -2.34. The van der Waals surface area contributed by atoms with Crippen molar-refractivity contribution in [2.45, 2.75) is 30.6 Å². The standard InChI is InChI=1S/C13H16BrF2NS/c1-13(6-3-7-18-13)12(17-2)10-9(15)5-4-8(14)11(10)16/h4-5,12,17H,3,6-7H2,1-2H3. The SMILES string of the molecule is CNC(c1c(F)ccc(Br)c1F)C1(C)CCCS1. The van der Waals surface area contributed by atoms with Gasteiger partial charge in [0.25, 0.3) is 0 Å². The normalized spacial score (nSPS) is 25.4. The molecular formula is C13H16BrF2NS. The fourth-order valence-corrected chi connectivity index (χ4v) is 4.38. The van der Waals surface area contributed by atoms with Crippen LogP contribution in [0.2, 0.25) is 0 Å². The molecule has 2 unspecified atom stereocenters. The summed E-state index contributed by atoms with van der Waals surface area (Å²) in [6, 6.07) is 2.41. The van der Waals surface area contributed by atoms with Crippen molar-refractivity contribution in [2.24, 2.45) is 0 Å². The van der Waals surface area contributed by atoms with Crippen LogP contribution < -0.4 is 5.32 Å². The van der Waals surface area contributed by atoms with Crippen LogP contribution in [0.4, 0.5) is 8.78 Å². The second-order valence-electron chi connectivity index (χ2n) is 4.74. The highest BCUT2D eigenvalue weighted by molar-refractivity contribution is 9.10. The molecule has 1 heterocycles. The van der Waals surface area contributed by atoms with E-state index in [-0.39, 0.29) is 16.4 Å². The zero-order chi connectivity index (χ0) is 13.3. The first-order valence-corrected chi connectivity index (χ1v) is 7.72. The summed E-state index contributed by atoms with van der Waals surface area (Å²) in [5, 5.41) is 3.09. The topological polar surface area (TPSA) is 12.0 Å². The highest BCUT2D eigenvalue weighted by atomic mass is 79.9. The van der Waals surface area contributed by atoms with E-state index in [0.717, 1.165) is 18.6 Å². The Morgan fingerprint density at radius 2 is 2.17 bits per heavy atom. The number of rotatable bonds is 3. The van der Waals surface area contributed by atoms with E-state index >= 15 is 0 Å². The molecule has 0 radical (unpaired) electrons. The fourth-order valence-electron chi connectivity index (χ4n) is 2.59. The lowest BCUT2D eigenvalue weighted by Crippen LogP contribution is -2.37. The molecule has 1 aromatic rings. The molecule has 0 bridgehead atoms. The summed E-state index contributed by atoms with van der Waals surface area (Å²) < 4.78 is 28.3. The van der Waals surface area contributed by atoms with E-state index in [4.69, 9.17) is 0 Å². The molecule has 0 aliphatic carbocycles. The predicted molar refractivity (Wildman–Crippen MR) is 76.0 cm³/mol. The Balaban J connectivity index is 2.48. The molecule has 1 saturated heterocycles. The molecular weight excluding hydrogens is 320 g/mol. The highest BCUT2D eigenvalue weighted by Gasteiger charge is 2.40. The molecule has 1 nitrogen and oxygen atoms in total. The second-order valence-corrected chi connectivity index (χ2v) is 7.23. The molecule has 1 aromatic carbocycles. The summed E-state index contributed by atoms with van der Waals surface area (Å²) in [7, 11) is 1.76. The zero-order valence-corrected chi connectivity index (χ0v) is 12.8. The molecule has 0 amide bonds. The van der Waals surface area contributed by atoms with Gasteiger partial charge in [0.2, 0.25) is 0 Å². The van der Waals surface area contributed by atoms with Crippen LogP contribution in [0.3, 0.4) is 0 Å². The average Bonchev–Trinajstić information content (AvgIpc) is 2.77. The quantitative estimate of drug-likeness (QED) is 0.827. The van der Waals surface area contributed by atoms with Crippen molar-refractivity contribution in [3.8, 4) is 0 Å². The van der Waals surface area contributed by atoms with Gasteiger partial charge in [0, 0.05) is 10.3 Å². The minimum atomic E-state index is -0.497. The Bertz CT molecular complexity index is 447. The summed E-state index contributed by atoms with van der Waals surface area (Å²) in [5.74, 6) is 0.0678. The second kappa shape index (κ2) is 5.47. The van der Waals surface area contributed by atoms with Gasteiger partial charge in [-0.05, 0) is 60.6 Å². The molecule has 0 saturated carbocycles. The molecule has 1 aliphatic rings. The number of halogens is 3. The monoisotopic (exact) mass is 335 g/mol. The smallest absolute Gasteiger partial charge is 0.145 e. The summed E-state index contributed by atoms with van der Waals surface area (Å²) >= 11 is 4.91. The van der Waals surface area contributed by atoms with Crippen LogP contribution in [0.5, 0.6) is 0 Å². The van der Waals surface area contributed by atoms with Crippen molar-refractivity contribution < 1.29 is 8.78 Å². The summed E-state index contributed by atoms with van der Waals surface area (Å²) in [4.78, 5) is 0. The Morgan fingerprint density at radius 1 is 1.44 bits per heavy atom. The largest absolute Gasteiger partial charge is 0.312 e. The Morgan fingerprint density at radius 3 is 2.72 bits per heavy atom. The van der Waals surface area contributed by atoms with Gasteiger partial charge in [0.15, 0.2) is 0 Å². The van der Waals surface area contributed by atoms with E-state index in [1.54, 1.807) is 18.8 Å². The van der Waals surface area contributed by atoms with Crippen LogP contribution in [0.1, 0.15) is 31.4 Å². The Kier molecular flexibility index (Phi) is 4.34. The number of thioether (sulfide) groups is 1. The van der Waals surface area contributed by atoms with Crippen molar-refractivity contribution in [3.63, 3.8) is 0 Å². The first kappa shape index (κ1) is 14.3. The molecule has 18 heavy (non-hydrogen) atoms.